The van der Waals surface area contributed by atoms with Crippen molar-refractivity contribution in [2.75, 3.05) is 0 Å². The molecule has 0 bridgehead atoms. The zero-order chi connectivity index (χ0) is 17.3. The van der Waals surface area contributed by atoms with E-state index in [9.17, 15) is 23.3 Å². The number of nitro benzene ring substituents is 1. The van der Waals surface area contributed by atoms with Gasteiger partial charge in [-0.1, -0.05) is 18.2 Å². The Hall–Kier alpha value is -3.16. The normalized spacial score (nSPS) is 12.1. The van der Waals surface area contributed by atoms with E-state index in [4.69, 9.17) is 4.42 Å². The molecule has 0 amide bonds. The average Bonchev–Trinajstić information content (AvgIpc) is 2.94. The number of nitrogens with zero attached hydrogens (tertiary/aromatic N) is 2. The first-order valence-electron chi connectivity index (χ1n) is 6.74. The molecule has 0 aliphatic carbocycles. The van der Waals surface area contributed by atoms with Gasteiger partial charge in [-0.2, -0.15) is 13.2 Å². The molecule has 0 atom stereocenters. The molecule has 0 aliphatic rings. The molecule has 1 heterocycles. The van der Waals surface area contributed by atoms with Crippen LogP contribution >= 0.6 is 0 Å². The Kier molecular flexibility index (Phi) is 3.80. The summed E-state index contributed by atoms with van der Waals surface area (Å²) >= 11 is 0. The molecule has 3 rings (SSSR count). The summed E-state index contributed by atoms with van der Waals surface area (Å²) in [6.07, 6.45) is -1.94. The summed E-state index contributed by atoms with van der Waals surface area (Å²) in [6, 6.07) is 8.99. The number of halogens is 3. The van der Waals surface area contributed by atoms with Crippen molar-refractivity contribution in [1.29, 1.82) is 0 Å². The number of oxazole rings is 1. The number of benzene rings is 2. The number of fused-ring (bicyclic) bond motifs is 1. The molecule has 1 aromatic heterocycles. The molecule has 0 fully saturated rings. The van der Waals surface area contributed by atoms with Gasteiger partial charge in [0.05, 0.1) is 10.5 Å². The molecular weight excluding hydrogens is 325 g/mol. The highest BCUT2D eigenvalue weighted by Gasteiger charge is 2.32. The van der Waals surface area contributed by atoms with E-state index in [1.165, 1.54) is 48.6 Å². The first-order chi connectivity index (χ1) is 11.3. The zero-order valence-corrected chi connectivity index (χ0v) is 11.9. The lowest BCUT2D eigenvalue weighted by Gasteiger charge is -2.09. The van der Waals surface area contributed by atoms with Crippen LogP contribution in [0.4, 0.5) is 18.9 Å². The van der Waals surface area contributed by atoms with E-state index < -0.39 is 16.7 Å². The molecule has 0 unspecified atom stereocenters. The van der Waals surface area contributed by atoms with E-state index in [0.29, 0.717) is 5.58 Å². The van der Waals surface area contributed by atoms with Gasteiger partial charge in [-0.3, -0.25) is 10.1 Å². The number of alkyl halides is 3. The van der Waals surface area contributed by atoms with Gasteiger partial charge in [0.1, 0.15) is 5.52 Å². The molecule has 0 saturated heterocycles. The van der Waals surface area contributed by atoms with E-state index in [-0.39, 0.29) is 22.7 Å². The third-order valence-corrected chi connectivity index (χ3v) is 3.27. The Bertz CT molecular complexity index is 945. The Balaban J connectivity index is 1.96. The van der Waals surface area contributed by atoms with Crippen molar-refractivity contribution < 1.29 is 22.5 Å². The highest BCUT2D eigenvalue weighted by molar-refractivity contribution is 5.78. The average molecular weight is 334 g/mol. The van der Waals surface area contributed by atoms with Crippen molar-refractivity contribution in [3.8, 4) is 0 Å². The zero-order valence-electron chi connectivity index (χ0n) is 11.9. The second-order valence-electron chi connectivity index (χ2n) is 4.88. The summed E-state index contributed by atoms with van der Waals surface area (Å²) in [5, 5.41) is 10.7. The maximum absolute atomic E-state index is 12.9. The van der Waals surface area contributed by atoms with Gasteiger partial charge < -0.3 is 4.42 Å². The van der Waals surface area contributed by atoms with Gasteiger partial charge in [-0.05, 0) is 23.8 Å². The van der Waals surface area contributed by atoms with Crippen molar-refractivity contribution in [2.24, 2.45) is 0 Å². The molecule has 8 heteroatoms. The Morgan fingerprint density at radius 3 is 2.58 bits per heavy atom. The standard InChI is InChI=1S/C16H9F3N2O3/c17-16(18,19)12-4-2-1-3-10(12)5-8-15-20-13-9-11(21(22)23)6-7-14(13)24-15/h1-9H/b8-5+. The molecule has 0 spiro atoms. The highest BCUT2D eigenvalue weighted by Crippen LogP contribution is 2.32. The largest absolute Gasteiger partial charge is 0.437 e. The van der Waals surface area contributed by atoms with Gasteiger partial charge in [0.15, 0.2) is 5.58 Å². The van der Waals surface area contributed by atoms with Crippen molar-refractivity contribution in [2.45, 2.75) is 6.18 Å². The second kappa shape index (κ2) is 5.80. The van der Waals surface area contributed by atoms with Crippen LogP contribution in [0.15, 0.2) is 46.9 Å². The molecule has 122 valence electrons. The predicted molar refractivity (Wildman–Crippen MR) is 81.0 cm³/mol. The van der Waals surface area contributed by atoms with Crippen LogP contribution in [0.25, 0.3) is 23.3 Å². The van der Waals surface area contributed by atoms with Crippen LogP contribution in [-0.4, -0.2) is 9.91 Å². The summed E-state index contributed by atoms with van der Waals surface area (Å²) in [4.78, 5) is 14.2. The molecule has 0 radical (unpaired) electrons. The number of hydrogen-bond acceptors (Lipinski definition) is 4. The van der Waals surface area contributed by atoms with Gasteiger partial charge in [-0.15, -0.1) is 0 Å². The minimum Gasteiger partial charge on any atom is -0.437 e. The fourth-order valence-electron chi connectivity index (χ4n) is 2.18. The molecule has 0 saturated carbocycles. The molecular formula is C16H9F3N2O3. The molecule has 3 aromatic rings. The van der Waals surface area contributed by atoms with Crippen molar-refractivity contribution in [3.05, 3.63) is 69.6 Å². The number of non-ortho nitro benzene ring substituents is 1. The first-order valence-corrected chi connectivity index (χ1v) is 6.74. The van der Waals surface area contributed by atoms with Crippen LogP contribution in [-0.2, 0) is 6.18 Å². The minimum atomic E-state index is -4.47. The van der Waals surface area contributed by atoms with Crippen LogP contribution in [0.2, 0.25) is 0 Å². The van der Waals surface area contributed by atoms with Gasteiger partial charge in [0, 0.05) is 18.2 Å². The minimum absolute atomic E-state index is 0.0294. The molecule has 5 nitrogen and oxygen atoms in total. The maximum atomic E-state index is 12.9. The Morgan fingerprint density at radius 2 is 1.88 bits per heavy atom. The summed E-state index contributed by atoms with van der Waals surface area (Å²) in [5.74, 6) is 0.0578. The van der Waals surface area contributed by atoms with Crippen molar-refractivity contribution in [3.63, 3.8) is 0 Å². The summed E-state index contributed by atoms with van der Waals surface area (Å²) in [5.41, 5.74) is -0.378. The Morgan fingerprint density at radius 1 is 1.12 bits per heavy atom. The van der Waals surface area contributed by atoms with Gasteiger partial charge in [0.25, 0.3) is 5.69 Å². The number of rotatable bonds is 3. The van der Waals surface area contributed by atoms with Crippen LogP contribution in [0.3, 0.4) is 0 Å². The second-order valence-corrected chi connectivity index (χ2v) is 4.88. The lowest BCUT2D eigenvalue weighted by Crippen LogP contribution is -2.06. The SMILES string of the molecule is O=[N+]([O-])c1ccc2oc(/C=C/c3ccccc3C(F)(F)F)nc2c1. The maximum Gasteiger partial charge on any atom is 0.416 e. The highest BCUT2D eigenvalue weighted by atomic mass is 19.4. The quantitative estimate of drug-likeness (QED) is 0.503. The lowest BCUT2D eigenvalue weighted by atomic mass is 10.1. The molecule has 24 heavy (non-hydrogen) atoms. The first kappa shape index (κ1) is 15.7. The topological polar surface area (TPSA) is 69.2 Å². The smallest absolute Gasteiger partial charge is 0.416 e. The van der Waals surface area contributed by atoms with Gasteiger partial charge in [-0.25, -0.2) is 4.98 Å². The van der Waals surface area contributed by atoms with Crippen LogP contribution in [0.1, 0.15) is 17.0 Å². The Labute approximate surface area is 133 Å². The van der Waals surface area contributed by atoms with E-state index in [2.05, 4.69) is 4.98 Å². The van der Waals surface area contributed by atoms with Crippen molar-refractivity contribution >= 4 is 28.9 Å². The van der Waals surface area contributed by atoms with Gasteiger partial charge >= 0.3 is 6.18 Å². The summed E-state index contributed by atoms with van der Waals surface area (Å²) in [7, 11) is 0. The number of nitro groups is 1. The van der Waals surface area contributed by atoms with E-state index >= 15 is 0 Å². The molecule has 2 aromatic carbocycles. The third kappa shape index (κ3) is 3.12. The molecule has 0 aliphatic heterocycles. The lowest BCUT2D eigenvalue weighted by molar-refractivity contribution is -0.384. The fraction of sp³-hybridized carbons (Fsp3) is 0.0625. The van der Waals surface area contributed by atoms with E-state index in [1.807, 2.05) is 0 Å². The van der Waals surface area contributed by atoms with E-state index in [0.717, 1.165) is 6.07 Å². The third-order valence-electron chi connectivity index (χ3n) is 3.27. The fourth-order valence-corrected chi connectivity index (χ4v) is 2.18. The van der Waals surface area contributed by atoms with Crippen LogP contribution in [0.5, 0.6) is 0 Å². The van der Waals surface area contributed by atoms with Crippen LogP contribution in [0, 0.1) is 10.1 Å². The van der Waals surface area contributed by atoms with E-state index in [1.54, 1.807) is 0 Å². The van der Waals surface area contributed by atoms with Crippen LogP contribution < -0.4 is 0 Å². The summed E-state index contributed by atoms with van der Waals surface area (Å²) < 4.78 is 44.1. The monoisotopic (exact) mass is 334 g/mol. The number of hydrogen-bond donors (Lipinski definition) is 0. The number of aromatic nitrogens is 1. The van der Waals surface area contributed by atoms with Gasteiger partial charge in [0.2, 0.25) is 5.89 Å². The summed E-state index contributed by atoms with van der Waals surface area (Å²) in [6.45, 7) is 0. The predicted octanol–water partition coefficient (Wildman–Crippen LogP) is 4.93. The van der Waals surface area contributed by atoms with Crippen molar-refractivity contribution in [1.82, 2.24) is 4.98 Å². The molecule has 0 N–H and O–H groups in total.